The molecule has 7 heteroatoms. The van der Waals surface area contributed by atoms with Crippen molar-refractivity contribution in [1.29, 1.82) is 0 Å². The number of ether oxygens (including phenoxy) is 1. The number of aliphatic hydroxyl groups is 1. The highest BCUT2D eigenvalue weighted by Gasteiger charge is 2.46. The van der Waals surface area contributed by atoms with Crippen molar-refractivity contribution in [1.82, 2.24) is 4.90 Å². The zero-order valence-corrected chi connectivity index (χ0v) is 16.1. The van der Waals surface area contributed by atoms with E-state index in [9.17, 15) is 19.5 Å². The predicted molar refractivity (Wildman–Crippen MR) is 105 cm³/mol. The van der Waals surface area contributed by atoms with Crippen molar-refractivity contribution < 1.29 is 29.3 Å². The molecule has 29 heavy (non-hydrogen) atoms. The van der Waals surface area contributed by atoms with Crippen LogP contribution in [0.1, 0.15) is 29.2 Å². The number of carbonyl (C=O) groups excluding carboxylic acids is 2. The number of Topliss-reactive ketones (excluding diaryl/α,β-unsaturated/α-hetero) is 1. The number of likely N-dealkylation sites (tertiary alicyclic amines) is 1. The van der Waals surface area contributed by atoms with E-state index in [4.69, 9.17) is 9.84 Å². The highest BCUT2D eigenvalue weighted by molar-refractivity contribution is 6.46. The molecule has 3 rings (SSSR count). The molecule has 0 bridgehead atoms. The molecule has 1 heterocycles. The quantitative estimate of drug-likeness (QED) is 0.443. The molecule has 1 atom stereocenters. The second kappa shape index (κ2) is 8.18. The lowest BCUT2D eigenvalue weighted by Crippen LogP contribution is -2.31. The molecule has 7 nitrogen and oxygen atoms in total. The topological polar surface area (TPSA) is 104 Å². The first-order chi connectivity index (χ1) is 13.8. The van der Waals surface area contributed by atoms with E-state index >= 15 is 0 Å². The Balaban J connectivity index is 2.16. The van der Waals surface area contributed by atoms with E-state index in [0.29, 0.717) is 16.9 Å². The third-order valence-electron chi connectivity index (χ3n) is 4.84. The van der Waals surface area contributed by atoms with Crippen LogP contribution >= 0.6 is 0 Å². The van der Waals surface area contributed by atoms with Crippen LogP contribution in [0.15, 0.2) is 54.1 Å². The fourth-order valence-corrected chi connectivity index (χ4v) is 3.35. The average Bonchev–Trinajstić information content (AvgIpc) is 2.97. The fraction of sp³-hybridized carbons (Fsp3) is 0.227. The van der Waals surface area contributed by atoms with Crippen molar-refractivity contribution in [2.45, 2.75) is 19.4 Å². The van der Waals surface area contributed by atoms with Crippen molar-refractivity contribution in [3.05, 3.63) is 70.8 Å². The molecule has 150 valence electrons. The summed E-state index contributed by atoms with van der Waals surface area (Å²) < 4.78 is 5.23. The van der Waals surface area contributed by atoms with Gasteiger partial charge in [-0.25, -0.2) is 0 Å². The summed E-state index contributed by atoms with van der Waals surface area (Å²) in [5.41, 5.74) is 1.85. The zero-order valence-electron chi connectivity index (χ0n) is 16.1. The number of amides is 1. The van der Waals surface area contributed by atoms with Crippen molar-refractivity contribution in [2.24, 2.45) is 0 Å². The fourth-order valence-electron chi connectivity index (χ4n) is 3.35. The Hall–Kier alpha value is -3.61. The summed E-state index contributed by atoms with van der Waals surface area (Å²) in [6.07, 6.45) is -0.321. The highest BCUT2D eigenvalue weighted by Crippen LogP contribution is 2.40. The van der Waals surface area contributed by atoms with Crippen LogP contribution in [0, 0.1) is 6.92 Å². The minimum Gasteiger partial charge on any atom is -0.507 e. The van der Waals surface area contributed by atoms with E-state index in [1.165, 1.54) is 12.0 Å². The first-order valence-electron chi connectivity index (χ1n) is 9.04. The number of methoxy groups -OCH3 is 1. The van der Waals surface area contributed by atoms with Crippen LogP contribution in [-0.4, -0.2) is 46.4 Å². The van der Waals surface area contributed by atoms with Crippen LogP contribution in [0.5, 0.6) is 5.75 Å². The number of rotatable bonds is 6. The summed E-state index contributed by atoms with van der Waals surface area (Å²) >= 11 is 0. The van der Waals surface area contributed by atoms with Crippen molar-refractivity contribution in [3.8, 4) is 5.75 Å². The van der Waals surface area contributed by atoms with E-state index in [2.05, 4.69) is 0 Å². The standard InChI is InChI=1S/C22H21NO6/c1-13-6-8-14(9-7-13)20(26)18-19(15-4-3-5-16(12-15)29-2)23(11-10-17(24)25)22(28)21(18)27/h3-9,12,19,26H,10-11H2,1-2H3,(H,24,25). The Labute approximate surface area is 167 Å². The molecular formula is C22H21NO6. The molecule has 1 unspecified atom stereocenters. The normalized spacial score (nSPS) is 18.1. The number of carbonyl (C=O) groups is 3. The molecule has 0 aliphatic carbocycles. The highest BCUT2D eigenvalue weighted by atomic mass is 16.5. The van der Waals surface area contributed by atoms with E-state index in [1.54, 1.807) is 48.5 Å². The largest absolute Gasteiger partial charge is 0.507 e. The molecule has 1 fully saturated rings. The molecule has 2 aromatic carbocycles. The summed E-state index contributed by atoms with van der Waals surface area (Å²) in [5.74, 6) is -2.56. The van der Waals surface area contributed by atoms with Crippen LogP contribution in [0.2, 0.25) is 0 Å². The molecule has 1 saturated heterocycles. The maximum Gasteiger partial charge on any atom is 0.305 e. The third kappa shape index (κ3) is 3.99. The number of aliphatic carboxylic acids is 1. The number of carboxylic acid groups (broad SMARTS) is 1. The summed E-state index contributed by atoms with van der Waals surface area (Å²) in [5, 5.41) is 19.9. The van der Waals surface area contributed by atoms with E-state index in [-0.39, 0.29) is 24.3 Å². The Kier molecular flexibility index (Phi) is 5.68. The molecule has 0 spiro atoms. The van der Waals surface area contributed by atoms with Crippen LogP contribution in [0.3, 0.4) is 0 Å². The lowest BCUT2D eigenvalue weighted by atomic mass is 9.95. The van der Waals surface area contributed by atoms with Gasteiger partial charge in [0.2, 0.25) is 0 Å². The van der Waals surface area contributed by atoms with Crippen LogP contribution in [-0.2, 0) is 14.4 Å². The maximum absolute atomic E-state index is 12.8. The maximum atomic E-state index is 12.8. The minimum absolute atomic E-state index is 0.0718. The van der Waals surface area contributed by atoms with E-state index in [0.717, 1.165) is 5.56 Å². The Morgan fingerprint density at radius 2 is 1.79 bits per heavy atom. The van der Waals surface area contributed by atoms with Crippen LogP contribution in [0.4, 0.5) is 0 Å². The number of ketones is 1. The molecule has 1 aliphatic heterocycles. The first-order valence-corrected chi connectivity index (χ1v) is 9.04. The minimum atomic E-state index is -1.09. The van der Waals surface area contributed by atoms with Gasteiger partial charge in [-0.3, -0.25) is 14.4 Å². The third-order valence-corrected chi connectivity index (χ3v) is 4.84. The monoisotopic (exact) mass is 395 g/mol. The van der Waals surface area contributed by atoms with Gasteiger partial charge in [-0.15, -0.1) is 0 Å². The van der Waals surface area contributed by atoms with Gasteiger partial charge in [0.1, 0.15) is 11.5 Å². The number of aryl methyl sites for hydroxylation is 1. The molecule has 2 aromatic rings. The van der Waals surface area contributed by atoms with Gasteiger partial charge in [-0.05, 0) is 24.6 Å². The second-order valence-corrected chi connectivity index (χ2v) is 6.78. The van der Waals surface area contributed by atoms with Crippen LogP contribution in [0.25, 0.3) is 5.76 Å². The number of benzene rings is 2. The molecule has 1 amide bonds. The predicted octanol–water partition coefficient (Wildman–Crippen LogP) is 2.90. The molecule has 2 N–H and O–H groups in total. The van der Waals surface area contributed by atoms with Gasteiger partial charge in [0.25, 0.3) is 11.7 Å². The summed E-state index contributed by atoms with van der Waals surface area (Å²) in [7, 11) is 1.49. The number of aliphatic hydroxyl groups excluding tert-OH is 1. The lowest BCUT2D eigenvalue weighted by molar-refractivity contribution is -0.142. The average molecular weight is 395 g/mol. The smallest absolute Gasteiger partial charge is 0.305 e. The van der Waals surface area contributed by atoms with Crippen molar-refractivity contribution in [3.63, 3.8) is 0 Å². The summed E-state index contributed by atoms with van der Waals surface area (Å²) in [6.45, 7) is 1.73. The summed E-state index contributed by atoms with van der Waals surface area (Å²) in [6, 6.07) is 12.8. The van der Waals surface area contributed by atoms with E-state index < -0.39 is 23.7 Å². The number of nitrogens with zero attached hydrogens (tertiary/aromatic N) is 1. The molecule has 0 aromatic heterocycles. The number of hydrogen-bond donors (Lipinski definition) is 2. The first kappa shape index (κ1) is 20.1. The van der Waals surface area contributed by atoms with Gasteiger partial charge >= 0.3 is 5.97 Å². The van der Waals surface area contributed by atoms with Crippen molar-refractivity contribution >= 4 is 23.4 Å². The van der Waals surface area contributed by atoms with Gasteiger partial charge < -0.3 is 19.8 Å². The van der Waals surface area contributed by atoms with Crippen LogP contribution < -0.4 is 4.74 Å². The second-order valence-electron chi connectivity index (χ2n) is 6.78. The number of carboxylic acids is 1. The van der Waals surface area contributed by atoms with Gasteiger partial charge in [-0.2, -0.15) is 0 Å². The molecule has 0 radical (unpaired) electrons. The Morgan fingerprint density at radius 1 is 1.10 bits per heavy atom. The van der Waals surface area contributed by atoms with Gasteiger partial charge in [-0.1, -0.05) is 42.0 Å². The van der Waals surface area contributed by atoms with E-state index in [1.807, 2.05) is 6.92 Å². The lowest BCUT2D eigenvalue weighted by Gasteiger charge is -2.25. The van der Waals surface area contributed by atoms with Gasteiger partial charge in [0.15, 0.2) is 0 Å². The van der Waals surface area contributed by atoms with Crippen molar-refractivity contribution in [2.75, 3.05) is 13.7 Å². The number of hydrogen-bond acceptors (Lipinski definition) is 5. The molecule has 0 saturated carbocycles. The Bertz CT molecular complexity index is 993. The molecular weight excluding hydrogens is 374 g/mol. The summed E-state index contributed by atoms with van der Waals surface area (Å²) in [4.78, 5) is 37.7. The van der Waals surface area contributed by atoms with Gasteiger partial charge in [0, 0.05) is 12.1 Å². The molecule has 1 aliphatic rings. The van der Waals surface area contributed by atoms with Gasteiger partial charge in [0.05, 0.1) is 25.1 Å². The SMILES string of the molecule is COc1cccc(C2C(=C(O)c3ccc(C)cc3)C(=O)C(=O)N2CCC(=O)O)c1. The Morgan fingerprint density at radius 3 is 2.41 bits per heavy atom. The zero-order chi connectivity index (χ0) is 21.1.